The zero-order chi connectivity index (χ0) is 43.6. The maximum absolute atomic E-state index is 9.90. The molecule has 1 aliphatic heterocycles. The third kappa shape index (κ3) is 6.79. The van der Waals surface area contributed by atoms with E-state index in [1.54, 1.807) is 106 Å². The molecular formula is C51H26N12. The molecule has 0 bridgehead atoms. The summed E-state index contributed by atoms with van der Waals surface area (Å²) < 4.78 is 3.44. The van der Waals surface area contributed by atoms with E-state index in [2.05, 4.69) is 41.7 Å². The number of rotatable bonds is 7. The predicted octanol–water partition coefficient (Wildman–Crippen LogP) is 9.79. The highest BCUT2D eigenvalue weighted by atomic mass is 15.5. The van der Waals surface area contributed by atoms with Gasteiger partial charge >= 0.3 is 0 Å². The minimum absolute atomic E-state index is 0.0770. The van der Waals surface area contributed by atoms with E-state index in [4.69, 9.17) is 10.2 Å². The second-order valence-corrected chi connectivity index (χ2v) is 14.3. The van der Waals surface area contributed by atoms with Crippen LogP contribution in [-0.4, -0.2) is 25.3 Å². The van der Waals surface area contributed by atoms with Crippen LogP contribution in [0.3, 0.4) is 0 Å². The molecule has 0 aliphatic carbocycles. The summed E-state index contributed by atoms with van der Waals surface area (Å²) in [5.74, 6) is 1.31. The Kier molecular flexibility index (Phi) is 9.70. The molecule has 12 nitrogen and oxygen atoms in total. The second kappa shape index (κ2) is 15.9. The summed E-state index contributed by atoms with van der Waals surface area (Å²) in [7, 11) is 0. The van der Waals surface area contributed by atoms with Crippen molar-refractivity contribution in [3.8, 4) is 87.0 Å². The quantitative estimate of drug-likeness (QED) is 0.146. The minimum Gasteiger partial charge on any atom is -0.324 e. The van der Waals surface area contributed by atoms with Crippen molar-refractivity contribution in [1.29, 1.82) is 37.0 Å². The number of allylic oxidation sites excluding steroid dienone is 1. The van der Waals surface area contributed by atoms with Gasteiger partial charge in [-0.25, -0.2) is 0 Å². The van der Waals surface area contributed by atoms with Gasteiger partial charge in [-0.05, 0) is 89.5 Å². The van der Waals surface area contributed by atoms with Crippen molar-refractivity contribution in [2.45, 2.75) is 0 Å². The average molecular weight is 807 g/mol. The van der Waals surface area contributed by atoms with Crippen LogP contribution in [0, 0.1) is 73.4 Å². The first-order valence-electron chi connectivity index (χ1n) is 19.3. The zero-order valence-electron chi connectivity index (χ0n) is 32.8. The van der Waals surface area contributed by atoms with Crippen molar-refractivity contribution in [2.24, 2.45) is 0 Å². The molecule has 0 radical (unpaired) electrons. The van der Waals surface area contributed by atoms with Crippen LogP contribution in [0.4, 0.5) is 5.82 Å². The smallest absolute Gasteiger partial charge is 0.169 e. The second-order valence-electron chi connectivity index (χ2n) is 14.3. The molecule has 6 aromatic carbocycles. The average Bonchev–Trinajstić information content (AvgIpc) is 3.94. The molecule has 0 spiro atoms. The molecule has 0 atom stereocenters. The van der Waals surface area contributed by atoms with E-state index < -0.39 is 0 Å². The molecule has 12 heteroatoms. The van der Waals surface area contributed by atoms with Crippen molar-refractivity contribution in [2.75, 3.05) is 5.32 Å². The van der Waals surface area contributed by atoms with E-state index in [0.717, 1.165) is 0 Å². The highest BCUT2D eigenvalue weighted by Gasteiger charge is 2.36. The van der Waals surface area contributed by atoms with Gasteiger partial charge in [0.25, 0.3) is 0 Å². The van der Waals surface area contributed by atoms with Gasteiger partial charge in [-0.15, -0.1) is 0 Å². The zero-order valence-corrected chi connectivity index (χ0v) is 32.8. The van der Waals surface area contributed by atoms with Crippen molar-refractivity contribution in [3.05, 3.63) is 190 Å². The lowest BCUT2D eigenvalue weighted by Gasteiger charge is -2.26. The van der Waals surface area contributed by atoms with Gasteiger partial charge in [0.15, 0.2) is 5.82 Å². The Labute approximate surface area is 360 Å². The number of benzene rings is 6. The van der Waals surface area contributed by atoms with Crippen LogP contribution in [-0.2, 0) is 0 Å². The third-order valence-corrected chi connectivity index (χ3v) is 10.7. The van der Waals surface area contributed by atoms with Gasteiger partial charge < -0.3 is 5.32 Å². The number of nitriles is 6. The van der Waals surface area contributed by atoms with Gasteiger partial charge in [0.2, 0.25) is 0 Å². The highest BCUT2D eigenvalue weighted by Crippen LogP contribution is 2.48. The van der Waals surface area contributed by atoms with Crippen LogP contribution < -0.4 is 5.32 Å². The van der Waals surface area contributed by atoms with Crippen LogP contribution >= 0.6 is 0 Å². The SMILES string of the molecule is N#Cc1ccc(C(=N)/C(=C2\Nc3c(-c4ccc(C#N)cc4)c(-c4ccc(C#N)cc4)nn3-c3c(-c4ccc(C#N)cc4)c(-c4ccc(C#N)cc4)nn32)c2ccc(C#N)cc2)cc1. The monoisotopic (exact) mass is 806 g/mol. The number of fused-ring (bicyclic) bond motifs is 3. The lowest BCUT2D eigenvalue weighted by Crippen LogP contribution is -2.25. The maximum atomic E-state index is 9.90. The number of hydrogen-bond donors (Lipinski definition) is 2. The molecule has 0 amide bonds. The normalized spacial score (nSPS) is 11.8. The van der Waals surface area contributed by atoms with E-state index in [9.17, 15) is 37.0 Å². The molecular weight excluding hydrogens is 781 g/mol. The van der Waals surface area contributed by atoms with Gasteiger partial charge in [0, 0.05) is 16.7 Å². The molecule has 8 aromatic rings. The number of aromatic nitrogens is 4. The molecule has 3 heterocycles. The van der Waals surface area contributed by atoms with Crippen LogP contribution in [0.15, 0.2) is 146 Å². The Morgan fingerprint density at radius 1 is 0.413 bits per heavy atom. The molecule has 9 rings (SSSR count). The number of nitrogens with one attached hydrogen (secondary N) is 2. The van der Waals surface area contributed by atoms with E-state index in [1.807, 2.05) is 48.5 Å². The number of anilines is 1. The maximum Gasteiger partial charge on any atom is 0.169 e. The van der Waals surface area contributed by atoms with E-state index >= 15 is 0 Å². The topological polar surface area (TPSA) is 214 Å². The first-order valence-corrected chi connectivity index (χ1v) is 19.3. The third-order valence-electron chi connectivity index (χ3n) is 10.7. The number of hydrogen-bond acceptors (Lipinski definition) is 10. The fourth-order valence-electron chi connectivity index (χ4n) is 7.52. The minimum atomic E-state index is 0.0770. The van der Waals surface area contributed by atoms with Crippen molar-refractivity contribution < 1.29 is 0 Å². The van der Waals surface area contributed by atoms with Crippen LogP contribution in [0.5, 0.6) is 0 Å². The molecule has 0 saturated carbocycles. The summed E-state index contributed by atoms with van der Waals surface area (Å²) in [6.07, 6.45) is 0. The van der Waals surface area contributed by atoms with Crippen LogP contribution in [0.25, 0.3) is 62.0 Å². The highest BCUT2D eigenvalue weighted by molar-refractivity contribution is 6.35. The first-order chi connectivity index (χ1) is 30.9. The van der Waals surface area contributed by atoms with Crippen LogP contribution in [0.1, 0.15) is 44.5 Å². The summed E-state index contributed by atoms with van der Waals surface area (Å²) in [6.45, 7) is 0. The fraction of sp³-hybridized carbons (Fsp3) is 0. The molecule has 63 heavy (non-hydrogen) atoms. The first kappa shape index (κ1) is 38.4. The van der Waals surface area contributed by atoms with Gasteiger partial charge in [-0.2, -0.15) is 51.1 Å². The molecule has 2 N–H and O–H groups in total. The van der Waals surface area contributed by atoms with Crippen molar-refractivity contribution in [3.63, 3.8) is 0 Å². The summed E-state index contributed by atoms with van der Waals surface area (Å²) in [5.41, 5.74) is 9.30. The largest absolute Gasteiger partial charge is 0.324 e. The molecule has 0 saturated heterocycles. The molecule has 290 valence electrons. The Hall–Kier alpha value is -10.1. The molecule has 2 aromatic heterocycles. The van der Waals surface area contributed by atoms with Gasteiger partial charge in [0.05, 0.1) is 92.2 Å². The van der Waals surface area contributed by atoms with E-state index in [1.165, 1.54) is 0 Å². The Morgan fingerprint density at radius 3 is 1.16 bits per heavy atom. The predicted molar refractivity (Wildman–Crippen MR) is 236 cm³/mol. The van der Waals surface area contributed by atoms with Crippen molar-refractivity contribution in [1.82, 2.24) is 19.6 Å². The lowest BCUT2D eigenvalue weighted by atomic mass is 9.94. The van der Waals surface area contributed by atoms with E-state index in [0.29, 0.717) is 112 Å². The Bertz CT molecular complexity index is 3440. The molecule has 1 aliphatic rings. The Morgan fingerprint density at radius 2 is 0.746 bits per heavy atom. The Balaban J connectivity index is 1.45. The standard InChI is InChI=1S/C51H26N12/c52-25-31-1-13-37(14-2-31)43(46(58)40-19-7-34(28-55)8-20-40)49-59-50-44(38-15-3-32(26-53)4-16-38)47(41-21-9-35(29-56)10-22-41)60-63(50)51-45(39-17-5-33(27-54)6-18-39)48(61-62(49)51)42-23-11-36(30-57)12-24-42/h1-24,58-59H/b49-43+,58-46?. The summed E-state index contributed by atoms with van der Waals surface area (Å²) in [4.78, 5) is 0. The molecule has 0 unspecified atom stereocenters. The van der Waals surface area contributed by atoms with Gasteiger partial charge in [-0.3, -0.25) is 5.41 Å². The van der Waals surface area contributed by atoms with Crippen LogP contribution in [0.2, 0.25) is 0 Å². The van der Waals surface area contributed by atoms with Crippen molar-refractivity contribution >= 4 is 22.9 Å². The summed E-state index contributed by atoms with van der Waals surface area (Å²) >= 11 is 0. The summed E-state index contributed by atoms with van der Waals surface area (Å²) in [6, 6.07) is 55.0. The fourth-order valence-corrected chi connectivity index (χ4v) is 7.52. The van der Waals surface area contributed by atoms with Gasteiger partial charge in [-0.1, -0.05) is 72.8 Å². The number of nitrogens with zero attached hydrogens (tertiary/aromatic N) is 10. The molecule has 0 fully saturated rings. The lowest BCUT2D eigenvalue weighted by molar-refractivity contribution is 0.760. The van der Waals surface area contributed by atoms with Gasteiger partial charge in [0.1, 0.15) is 23.0 Å². The van der Waals surface area contributed by atoms with E-state index in [-0.39, 0.29) is 5.71 Å². The summed E-state index contributed by atoms with van der Waals surface area (Å²) in [5, 5.41) is 82.5.